The molecule has 0 atom stereocenters. The van der Waals surface area contributed by atoms with Crippen LogP contribution in [-0.4, -0.2) is 43.9 Å². The van der Waals surface area contributed by atoms with E-state index < -0.39 is 27.5 Å². The Kier molecular flexibility index (Phi) is 6.60. The van der Waals surface area contributed by atoms with Crippen LogP contribution in [0.15, 0.2) is 0 Å². The SMILES string of the molecule is COC(=O)CCCS(=O)(=O)NC1(CC(=O)O)CCCCC1. The summed E-state index contributed by atoms with van der Waals surface area (Å²) >= 11 is 0. The van der Waals surface area contributed by atoms with E-state index in [1.54, 1.807) is 0 Å². The number of hydrogen-bond donors (Lipinski definition) is 2. The van der Waals surface area contributed by atoms with Crippen LogP contribution < -0.4 is 4.72 Å². The van der Waals surface area contributed by atoms with Gasteiger partial charge in [-0.1, -0.05) is 19.3 Å². The lowest BCUT2D eigenvalue weighted by Crippen LogP contribution is -2.51. The maximum atomic E-state index is 12.1. The van der Waals surface area contributed by atoms with Gasteiger partial charge in [0.2, 0.25) is 10.0 Å². The number of carboxylic acids is 1. The second-order valence-electron chi connectivity index (χ2n) is 5.51. The van der Waals surface area contributed by atoms with Crippen LogP contribution in [0.2, 0.25) is 0 Å². The molecule has 7 nitrogen and oxygen atoms in total. The van der Waals surface area contributed by atoms with Crippen LogP contribution in [0.25, 0.3) is 0 Å². The third-order valence-electron chi connectivity index (χ3n) is 3.69. The summed E-state index contributed by atoms with van der Waals surface area (Å²) in [5, 5.41) is 9.01. The standard InChI is InChI=1S/C13H23NO6S/c1-20-12(17)6-5-9-21(18,19)14-13(10-11(15)16)7-3-2-4-8-13/h14H,2-10H2,1H3,(H,15,16). The van der Waals surface area contributed by atoms with E-state index in [0.717, 1.165) is 19.3 Å². The highest BCUT2D eigenvalue weighted by atomic mass is 32.2. The molecule has 1 aliphatic rings. The molecule has 2 N–H and O–H groups in total. The fourth-order valence-corrected chi connectivity index (χ4v) is 4.28. The monoisotopic (exact) mass is 321 g/mol. The van der Waals surface area contributed by atoms with E-state index in [-0.39, 0.29) is 25.0 Å². The molecule has 1 rings (SSSR count). The van der Waals surface area contributed by atoms with Crippen LogP contribution in [0.3, 0.4) is 0 Å². The van der Waals surface area contributed by atoms with Gasteiger partial charge >= 0.3 is 11.9 Å². The molecule has 0 aromatic heterocycles. The topological polar surface area (TPSA) is 110 Å². The van der Waals surface area contributed by atoms with Crippen molar-refractivity contribution in [3.8, 4) is 0 Å². The minimum atomic E-state index is -3.61. The molecule has 0 heterocycles. The number of esters is 1. The Morgan fingerprint density at radius 1 is 1.24 bits per heavy atom. The quantitative estimate of drug-likeness (QED) is 0.646. The molecule has 0 aromatic carbocycles. The van der Waals surface area contributed by atoms with Crippen molar-refractivity contribution >= 4 is 22.0 Å². The predicted octanol–water partition coefficient (Wildman–Crippen LogP) is 1.04. The van der Waals surface area contributed by atoms with Crippen molar-refractivity contribution in [1.82, 2.24) is 4.72 Å². The highest BCUT2D eigenvalue weighted by Crippen LogP contribution is 2.32. The van der Waals surface area contributed by atoms with Crippen molar-refractivity contribution in [2.24, 2.45) is 0 Å². The number of ether oxygens (including phenoxy) is 1. The molecule has 8 heteroatoms. The average molecular weight is 321 g/mol. The highest BCUT2D eigenvalue weighted by molar-refractivity contribution is 7.89. The first-order chi connectivity index (χ1) is 9.79. The number of hydrogen-bond acceptors (Lipinski definition) is 5. The van der Waals surface area contributed by atoms with E-state index in [4.69, 9.17) is 5.11 Å². The summed E-state index contributed by atoms with van der Waals surface area (Å²) in [6, 6.07) is 0. The lowest BCUT2D eigenvalue weighted by Gasteiger charge is -2.36. The Bertz CT molecular complexity index is 467. The molecule has 21 heavy (non-hydrogen) atoms. The van der Waals surface area contributed by atoms with Gasteiger partial charge in [0.05, 0.1) is 19.3 Å². The Hall–Kier alpha value is -1.15. The van der Waals surface area contributed by atoms with Gasteiger partial charge in [-0.2, -0.15) is 0 Å². The number of sulfonamides is 1. The second kappa shape index (κ2) is 7.74. The molecule has 0 unspecified atom stereocenters. The van der Waals surface area contributed by atoms with Crippen LogP contribution in [0.5, 0.6) is 0 Å². The summed E-state index contributed by atoms with van der Waals surface area (Å²) in [5.74, 6) is -1.67. The summed E-state index contributed by atoms with van der Waals surface area (Å²) in [5.41, 5.74) is -0.881. The van der Waals surface area contributed by atoms with Crippen LogP contribution >= 0.6 is 0 Å². The van der Waals surface area contributed by atoms with E-state index in [1.165, 1.54) is 7.11 Å². The van der Waals surface area contributed by atoms with Gasteiger partial charge < -0.3 is 9.84 Å². The van der Waals surface area contributed by atoms with Gasteiger partial charge in [0.1, 0.15) is 0 Å². The number of methoxy groups -OCH3 is 1. The fraction of sp³-hybridized carbons (Fsp3) is 0.846. The predicted molar refractivity (Wildman–Crippen MR) is 76.2 cm³/mol. The van der Waals surface area contributed by atoms with Crippen LogP contribution in [0.4, 0.5) is 0 Å². The van der Waals surface area contributed by atoms with Crippen LogP contribution in [0, 0.1) is 0 Å². The Labute approximate surface area is 125 Å². The van der Waals surface area contributed by atoms with Crippen LogP contribution in [0.1, 0.15) is 51.4 Å². The summed E-state index contributed by atoms with van der Waals surface area (Å²) in [7, 11) is -2.36. The third-order valence-corrected chi connectivity index (χ3v) is 5.26. The van der Waals surface area contributed by atoms with Gasteiger partial charge in [0, 0.05) is 12.0 Å². The third kappa shape index (κ3) is 6.43. The molecule has 0 spiro atoms. The molecule has 0 amide bonds. The van der Waals surface area contributed by atoms with Gasteiger partial charge in [-0.25, -0.2) is 13.1 Å². The van der Waals surface area contributed by atoms with Gasteiger partial charge in [0.25, 0.3) is 0 Å². The van der Waals surface area contributed by atoms with Crippen LogP contribution in [-0.2, 0) is 24.3 Å². The van der Waals surface area contributed by atoms with Crippen molar-refractivity contribution in [2.75, 3.05) is 12.9 Å². The van der Waals surface area contributed by atoms with E-state index in [9.17, 15) is 18.0 Å². The summed E-state index contributed by atoms with van der Waals surface area (Å²) in [6.07, 6.45) is 3.68. The molecule has 0 aliphatic heterocycles. The van der Waals surface area contributed by atoms with Gasteiger partial charge in [-0.15, -0.1) is 0 Å². The Morgan fingerprint density at radius 3 is 2.38 bits per heavy atom. The Balaban J connectivity index is 2.63. The largest absolute Gasteiger partial charge is 0.481 e. The summed E-state index contributed by atoms with van der Waals surface area (Å²) < 4.78 is 31.2. The molecule has 0 bridgehead atoms. The molecule has 1 fully saturated rings. The minimum absolute atomic E-state index is 0.0311. The first-order valence-electron chi connectivity index (χ1n) is 7.09. The van der Waals surface area contributed by atoms with Crippen molar-refractivity contribution in [3.63, 3.8) is 0 Å². The number of carbonyl (C=O) groups is 2. The second-order valence-corrected chi connectivity index (χ2v) is 7.35. The lowest BCUT2D eigenvalue weighted by molar-refractivity contribution is -0.141. The van der Waals surface area contributed by atoms with Crippen molar-refractivity contribution < 1.29 is 27.9 Å². The first-order valence-corrected chi connectivity index (χ1v) is 8.74. The molecular weight excluding hydrogens is 298 g/mol. The van der Waals surface area contributed by atoms with Crippen molar-refractivity contribution in [3.05, 3.63) is 0 Å². The molecule has 0 saturated heterocycles. The summed E-state index contributed by atoms with van der Waals surface area (Å²) in [4.78, 5) is 22.0. The molecule has 1 saturated carbocycles. The van der Waals surface area contributed by atoms with Crippen molar-refractivity contribution in [2.45, 2.75) is 56.9 Å². The molecule has 1 aliphatic carbocycles. The van der Waals surface area contributed by atoms with Crippen molar-refractivity contribution in [1.29, 1.82) is 0 Å². The van der Waals surface area contributed by atoms with E-state index in [1.807, 2.05) is 0 Å². The van der Waals surface area contributed by atoms with E-state index in [2.05, 4.69) is 9.46 Å². The zero-order valence-corrected chi connectivity index (χ0v) is 13.1. The number of nitrogens with one attached hydrogen (secondary N) is 1. The lowest BCUT2D eigenvalue weighted by atomic mass is 9.80. The number of rotatable bonds is 8. The zero-order valence-electron chi connectivity index (χ0n) is 12.3. The number of carboxylic acid groups (broad SMARTS) is 1. The molecule has 0 aromatic rings. The maximum Gasteiger partial charge on any atom is 0.305 e. The first kappa shape index (κ1) is 17.9. The number of carbonyl (C=O) groups excluding carboxylic acids is 1. The molecule has 122 valence electrons. The normalized spacial score (nSPS) is 18.1. The number of aliphatic carboxylic acids is 1. The van der Waals surface area contributed by atoms with Gasteiger partial charge in [0.15, 0.2) is 0 Å². The molecular formula is C13H23NO6S. The van der Waals surface area contributed by atoms with E-state index in [0.29, 0.717) is 12.8 Å². The Morgan fingerprint density at radius 2 is 1.86 bits per heavy atom. The minimum Gasteiger partial charge on any atom is -0.481 e. The zero-order chi connectivity index (χ0) is 15.9. The molecule has 0 radical (unpaired) electrons. The van der Waals surface area contributed by atoms with E-state index >= 15 is 0 Å². The maximum absolute atomic E-state index is 12.1. The highest BCUT2D eigenvalue weighted by Gasteiger charge is 2.37. The van der Waals surface area contributed by atoms with Gasteiger partial charge in [-0.3, -0.25) is 9.59 Å². The average Bonchev–Trinajstić information content (AvgIpc) is 2.37. The van der Waals surface area contributed by atoms with Gasteiger partial charge in [-0.05, 0) is 19.3 Å². The smallest absolute Gasteiger partial charge is 0.305 e. The fourth-order valence-electron chi connectivity index (χ4n) is 2.72. The summed E-state index contributed by atoms with van der Waals surface area (Å²) in [6.45, 7) is 0.